The summed E-state index contributed by atoms with van der Waals surface area (Å²) in [4.78, 5) is 9.52. The summed E-state index contributed by atoms with van der Waals surface area (Å²) in [6.45, 7) is 2.07. The number of aromatic nitrogens is 5. The van der Waals surface area contributed by atoms with Gasteiger partial charge in [-0.3, -0.25) is 0 Å². The molecule has 0 aliphatic heterocycles. The Morgan fingerprint density at radius 1 is 1.21 bits per heavy atom. The summed E-state index contributed by atoms with van der Waals surface area (Å²) in [6, 6.07) is 10.4. The Morgan fingerprint density at radius 2 is 2.03 bits per heavy atom. The van der Waals surface area contributed by atoms with Crippen molar-refractivity contribution in [2.45, 2.75) is 61.6 Å². The molecule has 6 unspecified atom stereocenters. The second-order valence-electron chi connectivity index (χ2n) is 8.85. The molecule has 176 valence electrons. The Labute approximate surface area is 197 Å². The predicted octanol–water partition coefficient (Wildman–Crippen LogP) is 2.62. The minimum atomic E-state index is -0.805. The van der Waals surface area contributed by atoms with Gasteiger partial charge < -0.3 is 20.3 Å². The topological polar surface area (TPSA) is 118 Å². The predicted molar refractivity (Wildman–Crippen MR) is 126 cm³/mol. The Hall–Kier alpha value is -2.27. The monoisotopic (exact) mass is 470 g/mol. The first kappa shape index (κ1) is 22.5. The van der Waals surface area contributed by atoms with Crippen LogP contribution in [0.1, 0.15) is 43.7 Å². The first-order valence-corrected chi connectivity index (χ1v) is 12.5. The number of aliphatic hydroxyl groups is 2. The molecule has 5 rings (SSSR count). The van der Waals surface area contributed by atoms with E-state index in [4.69, 9.17) is 14.7 Å². The highest BCUT2D eigenvalue weighted by Gasteiger charge is 2.45. The summed E-state index contributed by atoms with van der Waals surface area (Å²) in [6.07, 6.45) is 1.33. The maximum Gasteiger partial charge on any atom is 0.191 e. The van der Waals surface area contributed by atoms with Gasteiger partial charge in [-0.25, -0.2) is 14.6 Å². The van der Waals surface area contributed by atoms with Gasteiger partial charge in [0.15, 0.2) is 22.1 Å². The molecule has 2 heterocycles. The lowest BCUT2D eigenvalue weighted by atomic mass is 10.1. The Balaban J connectivity index is 1.46. The molecule has 3 aromatic rings. The molecule has 0 spiro atoms. The van der Waals surface area contributed by atoms with Crippen LogP contribution in [0.3, 0.4) is 0 Å². The van der Waals surface area contributed by atoms with Crippen molar-refractivity contribution in [1.29, 1.82) is 0 Å². The van der Waals surface area contributed by atoms with Crippen LogP contribution in [0.4, 0.5) is 5.82 Å². The van der Waals surface area contributed by atoms with Crippen molar-refractivity contribution in [3.8, 4) is 0 Å². The van der Waals surface area contributed by atoms with Crippen molar-refractivity contribution in [1.82, 2.24) is 25.0 Å². The fraction of sp³-hybridized carbons (Fsp3) is 0.565. The van der Waals surface area contributed by atoms with Gasteiger partial charge in [-0.05, 0) is 24.8 Å². The van der Waals surface area contributed by atoms with Crippen LogP contribution in [0.15, 0.2) is 35.5 Å². The molecule has 0 amide bonds. The van der Waals surface area contributed by atoms with Crippen molar-refractivity contribution in [3.05, 3.63) is 35.9 Å². The molecule has 10 heteroatoms. The summed E-state index contributed by atoms with van der Waals surface area (Å²) in [5, 5.41) is 33.6. The number of fused-ring (bicyclic) bond motifs is 1. The molecule has 2 fully saturated rings. The molecular formula is C23H30N6O3S. The number of ether oxygens (including phenoxy) is 1. The SMILES string of the molecule is CCCSc1nc(NC2CC2c2ccccc2)c2nnn(C3CC(CO)C(OC)C3O)c2n1. The second-order valence-corrected chi connectivity index (χ2v) is 9.91. The van der Waals surface area contributed by atoms with E-state index in [1.54, 1.807) is 23.6 Å². The van der Waals surface area contributed by atoms with Crippen molar-refractivity contribution in [2.75, 3.05) is 24.8 Å². The third-order valence-corrected chi connectivity index (χ3v) is 7.69. The van der Waals surface area contributed by atoms with E-state index in [0.29, 0.717) is 34.5 Å². The quantitative estimate of drug-likeness (QED) is 0.320. The third-order valence-electron chi connectivity index (χ3n) is 6.64. The molecule has 2 saturated carbocycles. The normalized spacial score (nSPS) is 29.0. The van der Waals surface area contributed by atoms with E-state index in [2.05, 4.69) is 46.8 Å². The molecule has 2 aliphatic rings. The average molecular weight is 471 g/mol. The molecule has 6 atom stereocenters. The first-order valence-electron chi connectivity index (χ1n) is 11.5. The highest BCUT2D eigenvalue weighted by molar-refractivity contribution is 7.99. The van der Waals surface area contributed by atoms with Crippen LogP contribution in [-0.4, -0.2) is 72.9 Å². The van der Waals surface area contributed by atoms with Crippen LogP contribution in [0, 0.1) is 5.92 Å². The lowest BCUT2D eigenvalue weighted by Crippen LogP contribution is -2.32. The number of hydrogen-bond acceptors (Lipinski definition) is 9. The zero-order valence-electron chi connectivity index (χ0n) is 18.8. The Kier molecular flexibility index (Phi) is 6.51. The van der Waals surface area contributed by atoms with Gasteiger partial charge in [-0.1, -0.05) is 54.2 Å². The first-order chi connectivity index (χ1) is 16.1. The highest BCUT2D eigenvalue weighted by Crippen LogP contribution is 2.43. The van der Waals surface area contributed by atoms with Gasteiger partial charge in [0, 0.05) is 37.3 Å². The maximum atomic E-state index is 10.9. The van der Waals surface area contributed by atoms with Gasteiger partial charge in [-0.2, -0.15) is 0 Å². The van der Waals surface area contributed by atoms with Gasteiger partial charge in [0.2, 0.25) is 0 Å². The zero-order valence-corrected chi connectivity index (χ0v) is 19.6. The molecule has 9 nitrogen and oxygen atoms in total. The molecular weight excluding hydrogens is 440 g/mol. The van der Waals surface area contributed by atoms with Crippen LogP contribution >= 0.6 is 11.8 Å². The molecule has 3 N–H and O–H groups in total. The van der Waals surface area contributed by atoms with E-state index in [1.807, 2.05) is 6.07 Å². The van der Waals surface area contributed by atoms with Crippen LogP contribution in [0.5, 0.6) is 0 Å². The van der Waals surface area contributed by atoms with E-state index in [-0.39, 0.29) is 24.6 Å². The van der Waals surface area contributed by atoms with E-state index in [0.717, 1.165) is 18.6 Å². The van der Waals surface area contributed by atoms with E-state index in [1.165, 1.54) is 5.56 Å². The molecule has 0 saturated heterocycles. The van der Waals surface area contributed by atoms with Crippen LogP contribution in [0.2, 0.25) is 0 Å². The van der Waals surface area contributed by atoms with Crippen LogP contribution < -0.4 is 5.32 Å². The van der Waals surface area contributed by atoms with Crippen molar-refractivity contribution >= 4 is 28.7 Å². The second kappa shape index (κ2) is 9.54. The van der Waals surface area contributed by atoms with Crippen molar-refractivity contribution in [2.24, 2.45) is 5.92 Å². The minimum absolute atomic E-state index is 0.0549. The number of nitrogens with zero attached hydrogens (tertiary/aromatic N) is 5. The van der Waals surface area contributed by atoms with Crippen LogP contribution in [0.25, 0.3) is 11.2 Å². The van der Waals surface area contributed by atoms with E-state index in [9.17, 15) is 10.2 Å². The fourth-order valence-corrected chi connectivity index (χ4v) is 5.52. The average Bonchev–Trinajstić information content (AvgIpc) is 3.35. The summed E-state index contributed by atoms with van der Waals surface area (Å²) in [5.74, 6) is 1.87. The molecule has 2 aromatic heterocycles. The van der Waals surface area contributed by atoms with Gasteiger partial charge >= 0.3 is 0 Å². The Bertz CT molecular complexity index is 1100. The number of aliphatic hydroxyl groups excluding tert-OH is 2. The van der Waals surface area contributed by atoms with Gasteiger partial charge in [0.1, 0.15) is 6.10 Å². The van der Waals surface area contributed by atoms with E-state index >= 15 is 0 Å². The summed E-state index contributed by atoms with van der Waals surface area (Å²) in [7, 11) is 1.56. The lowest BCUT2D eigenvalue weighted by molar-refractivity contribution is -0.0333. The summed E-state index contributed by atoms with van der Waals surface area (Å²) >= 11 is 1.60. The van der Waals surface area contributed by atoms with E-state index < -0.39 is 12.2 Å². The molecule has 1 aromatic carbocycles. The number of nitrogens with one attached hydrogen (secondary N) is 1. The summed E-state index contributed by atoms with van der Waals surface area (Å²) < 4.78 is 7.15. The van der Waals surface area contributed by atoms with Crippen molar-refractivity contribution in [3.63, 3.8) is 0 Å². The largest absolute Gasteiger partial charge is 0.396 e. The van der Waals surface area contributed by atoms with Gasteiger partial charge in [0.25, 0.3) is 0 Å². The fourth-order valence-electron chi connectivity index (χ4n) is 4.83. The van der Waals surface area contributed by atoms with Gasteiger partial charge in [0.05, 0.1) is 12.1 Å². The number of benzene rings is 1. The Morgan fingerprint density at radius 3 is 2.73 bits per heavy atom. The number of rotatable bonds is 9. The molecule has 2 aliphatic carbocycles. The molecule has 33 heavy (non-hydrogen) atoms. The maximum absolute atomic E-state index is 10.9. The number of thioether (sulfide) groups is 1. The minimum Gasteiger partial charge on any atom is -0.396 e. The molecule has 0 bridgehead atoms. The number of methoxy groups -OCH3 is 1. The van der Waals surface area contributed by atoms with Crippen LogP contribution in [-0.2, 0) is 4.74 Å². The molecule has 0 radical (unpaired) electrons. The van der Waals surface area contributed by atoms with Gasteiger partial charge in [-0.15, -0.1) is 5.10 Å². The highest BCUT2D eigenvalue weighted by atomic mass is 32.2. The number of anilines is 1. The number of hydrogen-bond donors (Lipinski definition) is 3. The third kappa shape index (κ3) is 4.32. The summed E-state index contributed by atoms with van der Waals surface area (Å²) in [5.41, 5.74) is 2.52. The standard InChI is InChI=1S/C23H30N6O3S/c1-3-9-33-23-25-21(24-16-11-15(16)13-7-5-4-6-8-13)18-22(26-23)29(28-27-18)17-10-14(12-30)20(32-2)19(17)31/h4-8,14-17,19-20,30-31H,3,9-12H2,1-2H3,(H,24,25,26). The smallest absolute Gasteiger partial charge is 0.191 e. The zero-order chi connectivity index (χ0) is 22.9. The van der Waals surface area contributed by atoms with Crippen molar-refractivity contribution < 1.29 is 14.9 Å². The lowest BCUT2D eigenvalue weighted by Gasteiger charge is -2.20.